The van der Waals surface area contributed by atoms with Crippen LogP contribution >= 0.6 is 0 Å². The van der Waals surface area contributed by atoms with E-state index in [1.165, 1.54) is 19.5 Å². The molecule has 2 rings (SSSR count). The Morgan fingerprint density at radius 1 is 1.40 bits per heavy atom. The molecule has 1 atom stereocenters. The molecule has 0 aromatic carbocycles. The Kier molecular flexibility index (Phi) is 3.67. The highest BCUT2D eigenvalue weighted by Gasteiger charge is 2.60. The molecular weight excluding hydrogens is 256 g/mol. The van der Waals surface area contributed by atoms with Crippen LogP contribution in [-0.2, 0) is 14.9 Å². The minimum Gasteiger partial charge on any atom is -0.468 e. The van der Waals surface area contributed by atoms with Gasteiger partial charge >= 0.3 is 5.97 Å². The fourth-order valence-corrected chi connectivity index (χ4v) is 2.53. The summed E-state index contributed by atoms with van der Waals surface area (Å²) in [7, 11) is 1.26. The topological polar surface area (TPSA) is 99.7 Å². The lowest BCUT2D eigenvalue weighted by atomic mass is 9.70. The predicted molar refractivity (Wildman–Crippen MR) is 67.9 cm³/mol. The lowest BCUT2D eigenvalue weighted by molar-refractivity contribution is -0.149. The van der Waals surface area contributed by atoms with Gasteiger partial charge in [0.15, 0.2) is 5.92 Å². The van der Waals surface area contributed by atoms with Crippen LogP contribution < -0.4 is 0 Å². The smallest absolute Gasteiger partial charge is 0.320 e. The maximum absolute atomic E-state index is 12.4. The average Bonchev–Trinajstić information content (AvgIpc) is 3.30. The molecule has 1 aliphatic rings. The van der Waals surface area contributed by atoms with E-state index in [1.807, 2.05) is 12.1 Å². The highest BCUT2D eigenvalue weighted by Crippen LogP contribution is 2.51. The molecule has 102 valence electrons. The molecule has 0 amide bonds. The normalized spacial score (nSPS) is 16.9. The summed E-state index contributed by atoms with van der Waals surface area (Å²) >= 11 is 0. The zero-order valence-corrected chi connectivity index (χ0v) is 11.3. The van der Waals surface area contributed by atoms with Gasteiger partial charge in [0.1, 0.15) is 5.41 Å². The van der Waals surface area contributed by atoms with Gasteiger partial charge < -0.3 is 4.74 Å². The van der Waals surface area contributed by atoms with Gasteiger partial charge in [0, 0.05) is 12.4 Å². The van der Waals surface area contributed by atoms with E-state index >= 15 is 0 Å². The van der Waals surface area contributed by atoms with Gasteiger partial charge in [-0.25, -0.2) is 0 Å². The van der Waals surface area contributed by atoms with E-state index in [4.69, 9.17) is 4.74 Å². The molecule has 1 heterocycles. The van der Waals surface area contributed by atoms with Crippen LogP contribution in [-0.4, -0.2) is 23.0 Å². The monoisotopic (exact) mass is 270 g/mol. The van der Waals surface area contributed by atoms with E-state index in [0.29, 0.717) is 11.4 Å². The Balaban J connectivity index is 2.64. The lowest BCUT2D eigenvalue weighted by Gasteiger charge is -2.30. The van der Waals surface area contributed by atoms with E-state index in [0.717, 1.165) is 12.8 Å². The first-order chi connectivity index (χ1) is 9.60. The van der Waals surface area contributed by atoms with Gasteiger partial charge in [0.25, 0.3) is 0 Å². The van der Waals surface area contributed by atoms with Crippen LogP contribution in [0.3, 0.4) is 0 Å². The Hall–Kier alpha value is -2.47. The van der Waals surface area contributed by atoms with Crippen molar-refractivity contribution in [3.63, 3.8) is 0 Å². The summed E-state index contributed by atoms with van der Waals surface area (Å²) in [6, 6.07) is 3.83. The van der Waals surface area contributed by atoms with E-state index in [-0.39, 0.29) is 5.92 Å². The number of hydrogen-bond donors (Lipinski definition) is 0. The molecule has 1 aromatic heterocycles. The van der Waals surface area contributed by atoms with Crippen LogP contribution in [0.5, 0.6) is 0 Å². The first-order valence-electron chi connectivity index (χ1n) is 6.28. The van der Waals surface area contributed by atoms with Gasteiger partial charge in [-0.15, -0.1) is 0 Å². The summed E-state index contributed by atoms with van der Waals surface area (Å²) in [6.45, 7) is 1.78. The second-order valence-corrected chi connectivity index (χ2v) is 4.87. The third-order valence-corrected chi connectivity index (χ3v) is 3.66. The zero-order chi connectivity index (χ0) is 14.8. The van der Waals surface area contributed by atoms with E-state index in [9.17, 15) is 15.3 Å². The Labute approximate surface area is 117 Å². The quantitative estimate of drug-likeness (QED) is 0.764. The number of hydrogen-bond acceptors (Lipinski definition) is 6. The maximum Gasteiger partial charge on any atom is 0.320 e. The van der Waals surface area contributed by atoms with Gasteiger partial charge in [0.05, 0.1) is 30.6 Å². The van der Waals surface area contributed by atoms with Crippen molar-refractivity contribution in [2.75, 3.05) is 7.11 Å². The molecule has 1 fully saturated rings. The molecule has 6 nitrogen and oxygen atoms in total. The van der Waals surface area contributed by atoms with Crippen LogP contribution in [0.25, 0.3) is 0 Å². The molecule has 0 saturated heterocycles. The highest BCUT2D eigenvalue weighted by atomic mass is 16.5. The first-order valence-corrected chi connectivity index (χ1v) is 6.28. The summed E-state index contributed by atoms with van der Waals surface area (Å²) in [5.41, 5.74) is -0.293. The minimum absolute atomic E-state index is 0.101. The third kappa shape index (κ3) is 2.00. The van der Waals surface area contributed by atoms with Gasteiger partial charge in [-0.05, 0) is 25.7 Å². The van der Waals surface area contributed by atoms with Crippen molar-refractivity contribution in [3.05, 3.63) is 23.8 Å². The van der Waals surface area contributed by atoms with Crippen LogP contribution in [0, 0.1) is 41.4 Å². The number of esters is 1. The Morgan fingerprint density at radius 3 is 2.45 bits per heavy atom. The number of nitrogens with zero attached hydrogens (tertiary/aromatic N) is 4. The summed E-state index contributed by atoms with van der Waals surface area (Å²) in [5.74, 6) is -1.83. The molecule has 1 saturated carbocycles. The SMILES string of the molecule is COC(=O)[C@](c1cnc(C)cn1)(C(C#N)C#N)C1CC1. The van der Waals surface area contributed by atoms with Crippen LogP contribution in [0.2, 0.25) is 0 Å². The van der Waals surface area contributed by atoms with E-state index in [2.05, 4.69) is 9.97 Å². The van der Waals surface area contributed by atoms with Crippen LogP contribution in [0.15, 0.2) is 12.4 Å². The lowest BCUT2D eigenvalue weighted by Crippen LogP contribution is -2.46. The van der Waals surface area contributed by atoms with Crippen LogP contribution in [0.1, 0.15) is 24.2 Å². The number of carbonyl (C=O) groups is 1. The van der Waals surface area contributed by atoms with Crippen molar-refractivity contribution in [1.29, 1.82) is 10.5 Å². The van der Waals surface area contributed by atoms with E-state index < -0.39 is 17.3 Å². The number of aromatic nitrogens is 2. The highest BCUT2D eigenvalue weighted by molar-refractivity contribution is 5.85. The summed E-state index contributed by atoms with van der Waals surface area (Å²) in [6.07, 6.45) is 4.53. The second kappa shape index (κ2) is 5.26. The number of carbonyl (C=O) groups excluding carboxylic acids is 1. The summed E-state index contributed by atoms with van der Waals surface area (Å²) in [4.78, 5) is 20.7. The predicted octanol–water partition coefficient (Wildman–Crippen LogP) is 1.27. The molecule has 0 unspecified atom stereocenters. The van der Waals surface area contributed by atoms with Crippen molar-refractivity contribution in [2.24, 2.45) is 11.8 Å². The molecule has 0 spiro atoms. The largest absolute Gasteiger partial charge is 0.468 e. The van der Waals surface area contributed by atoms with Gasteiger partial charge in [0.2, 0.25) is 0 Å². The van der Waals surface area contributed by atoms with Crippen molar-refractivity contribution < 1.29 is 9.53 Å². The molecule has 0 N–H and O–H groups in total. The number of nitriles is 2. The van der Waals surface area contributed by atoms with Gasteiger partial charge in [-0.1, -0.05) is 0 Å². The summed E-state index contributed by atoms with van der Waals surface area (Å²) < 4.78 is 4.88. The molecule has 20 heavy (non-hydrogen) atoms. The number of aryl methyl sites for hydroxylation is 1. The molecule has 6 heteroatoms. The first kappa shape index (κ1) is 14.0. The van der Waals surface area contributed by atoms with Crippen molar-refractivity contribution in [3.8, 4) is 12.1 Å². The Bertz CT molecular complexity index is 581. The third-order valence-electron chi connectivity index (χ3n) is 3.66. The fraction of sp³-hybridized carbons (Fsp3) is 0.500. The molecular formula is C14H14N4O2. The van der Waals surface area contributed by atoms with Crippen molar-refractivity contribution in [1.82, 2.24) is 9.97 Å². The second-order valence-electron chi connectivity index (χ2n) is 4.87. The number of methoxy groups -OCH3 is 1. The zero-order valence-electron chi connectivity index (χ0n) is 11.3. The molecule has 1 aromatic rings. The maximum atomic E-state index is 12.4. The van der Waals surface area contributed by atoms with Crippen molar-refractivity contribution >= 4 is 5.97 Å². The Morgan fingerprint density at radius 2 is 2.05 bits per heavy atom. The standard InChI is InChI=1S/C14H14N4O2/c1-9-7-18-12(8-17-9)14(10-3-4-10,13(19)20-2)11(5-15)6-16/h7-8,10-11H,3-4H2,1-2H3/t14-/m0/s1. The van der Waals surface area contributed by atoms with E-state index in [1.54, 1.807) is 6.92 Å². The fourth-order valence-electron chi connectivity index (χ4n) is 2.53. The number of ether oxygens (including phenoxy) is 1. The molecule has 0 bridgehead atoms. The van der Waals surface area contributed by atoms with Crippen LogP contribution in [0.4, 0.5) is 0 Å². The minimum atomic E-state index is -1.33. The molecule has 0 radical (unpaired) electrons. The molecule has 0 aliphatic heterocycles. The number of rotatable bonds is 4. The summed E-state index contributed by atoms with van der Waals surface area (Å²) in [5, 5.41) is 18.5. The van der Waals surface area contributed by atoms with Gasteiger partial charge in [-0.3, -0.25) is 14.8 Å². The van der Waals surface area contributed by atoms with Crippen molar-refractivity contribution in [2.45, 2.75) is 25.2 Å². The van der Waals surface area contributed by atoms with Gasteiger partial charge in [-0.2, -0.15) is 10.5 Å². The molecule has 1 aliphatic carbocycles. The average molecular weight is 270 g/mol.